The van der Waals surface area contributed by atoms with Gasteiger partial charge < -0.3 is 15.4 Å². The summed E-state index contributed by atoms with van der Waals surface area (Å²) >= 11 is 0. The molecule has 20 heavy (non-hydrogen) atoms. The molecular weight excluding hydrogens is 252 g/mol. The molecule has 1 atom stereocenters. The number of nitrogens with one attached hydrogen (secondary N) is 2. The fourth-order valence-electron chi connectivity index (χ4n) is 3.72. The average molecular weight is 274 g/mol. The maximum atomic E-state index is 11.7. The first-order valence-electron chi connectivity index (χ1n) is 7.48. The summed E-state index contributed by atoms with van der Waals surface area (Å²) in [6.45, 7) is 4.35. The highest BCUT2D eigenvalue weighted by molar-refractivity contribution is 5.68. The number of ether oxygens (including phenoxy) is 1. The van der Waals surface area contributed by atoms with E-state index >= 15 is 0 Å². The van der Waals surface area contributed by atoms with Crippen LogP contribution >= 0.6 is 0 Å². The van der Waals surface area contributed by atoms with Gasteiger partial charge in [0.2, 0.25) is 0 Å². The number of benzene rings is 1. The minimum Gasteiger partial charge on any atom is -0.450 e. The van der Waals surface area contributed by atoms with Gasteiger partial charge in [-0.05, 0) is 50.4 Å². The van der Waals surface area contributed by atoms with Gasteiger partial charge in [0, 0.05) is 5.41 Å². The molecule has 108 valence electrons. The van der Waals surface area contributed by atoms with Crippen molar-refractivity contribution in [3.63, 3.8) is 0 Å². The number of hydrogen-bond donors (Lipinski definition) is 2. The second-order valence-corrected chi connectivity index (χ2v) is 5.74. The quantitative estimate of drug-likeness (QED) is 0.871. The van der Waals surface area contributed by atoms with Crippen molar-refractivity contribution in [1.82, 2.24) is 10.6 Å². The SMILES string of the molecule is CCOC(=O)N[C@H]1CC2(CCNCC2)c2ccccc21. The number of carbonyl (C=O) groups excluding carboxylic acids is 1. The normalized spacial score (nSPS) is 23.4. The van der Waals surface area contributed by atoms with Crippen LogP contribution in [0.3, 0.4) is 0 Å². The van der Waals surface area contributed by atoms with E-state index in [-0.39, 0.29) is 17.6 Å². The molecular formula is C16H22N2O2. The highest BCUT2D eigenvalue weighted by Crippen LogP contribution is 2.49. The molecule has 1 aliphatic heterocycles. The van der Waals surface area contributed by atoms with Gasteiger partial charge in [0.1, 0.15) is 0 Å². The van der Waals surface area contributed by atoms with Crippen LogP contribution in [0.1, 0.15) is 43.4 Å². The van der Waals surface area contributed by atoms with Gasteiger partial charge in [-0.1, -0.05) is 24.3 Å². The largest absolute Gasteiger partial charge is 0.450 e. The first-order chi connectivity index (χ1) is 9.75. The Morgan fingerprint density at radius 2 is 2.15 bits per heavy atom. The standard InChI is InChI=1S/C16H22N2O2/c1-2-20-15(19)18-14-11-16(7-9-17-10-8-16)13-6-4-3-5-12(13)14/h3-6,14,17H,2,7-11H2,1H3,(H,18,19)/t14-/m0/s1. The number of hydrogen-bond acceptors (Lipinski definition) is 3. The number of rotatable bonds is 2. The van der Waals surface area contributed by atoms with Crippen molar-refractivity contribution in [3.8, 4) is 0 Å². The Morgan fingerprint density at radius 1 is 1.40 bits per heavy atom. The highest BCUT2D eigenvalue weighted by Gasteiger charge is 2.44. The number of alkyl carbamates (subject to hydrolysis) is 1. The molecule has 1 aliphatic carbocycles. The molecule has 0 aromatic heterocycles. The Kier molecular flexibility index (Phi) is 3.66. The number of piperidine rings is 1. The third-order valence-corrected chi connectivity index (χ3v) is 4.63. The molecule has 4 nitrogen and oxygen atoms in total. The molecule has 1 heterocycles. The van der Waals surface area contributed by atoms with Crippen molar-refractivity contribution in [2.45, 2.75) is 37.6 Å². The average Bonchev–Trinajstić information content (AvgIpc) is 2.75. The fraction of sp³-hybridized carbons (Fsp3) is 0.562. The van der Waals surface area contributed by atoms with Crippen LogP contribution in [0.4, 0.5) is 4.79 Å². The van der Waals surface area contributed by atoms with E-state index in [2.05, 4.69) is 34.9 Å². The lowest BCUT2D eigenvalue weighted by Crippen LogP contribution is -2.39. The van der Waals surface area contributed by atoms with Crippen molar-refractivity contribution in [3.05, 3.63) is 35.4 Å². The molecule has 1 fully saturated rings. The summed E-state index contributed by atoms with van der Waals surface area (Å²) in [5.74, 6) is 0. The Labute approximate surface area is 119 Å². The van der Waals surface area contributed by atoms with Crippen LogP contribution < -0.4 is 10.6 Å². The molecule has 1 aromatic carbocycles. The summed E-state index contributed by atoms with van der Waals surface area (Å²) in [6.07, 6.45) is 2.97. The van der Waals surface area contributed by atoms with Crippen molar-refractivity contribution < 1.29 is 9.53 Å². The summed E-state index contributed by atoms with van der Waals surface area (Å²) in [7, 11) is 0. The zero-order valence-electron chi connectivity index (χ0n) is 11.9. The van der Waals surface area contributed by atoms with E-state index in [9.17, 15) is 4.79 Å². The molecule has 0 unspecified atom stereocenters. The molecule has 0 radical (unpaired) electrons. The van der Waals surface area contributed by atoms with Gasteiger partial charge in [0.05, 0.1) is 12.6 Å². The molecule has 1 amide bonds. The summed E-state index contributed by atoms with van der Waals surface area (Å²) in [5, 5.41) is 6.46. The minimum absolute atomic E-state index is 0.0864. The van der Waals surface area contributed by atoms with Crippen LogP contribution in [0.5, 0.6) is 0 Å². The maximum Gasteiger partial charge on any atom is 0.407 e. The molecule has 0 saturated carbocycles. The van der Waals surface area contributed by atoms with Crippen molar-refractivity contribution in [2.24, 2.45) is 0 Å². The maximum absolute atomic E-state index is 11.7. The van der Waals surface area contributed by atoms with Gasteiger partial charge in [-0.3, -0.25) is 0 Å². The molecule has 0 bridgehead atoms. The van der Waals surface area contributed by atoms with Crippen LogP contribution in [0, 0.1) is 0 Å². The van der Waals surface area contributed by atoms with Gasteiger partial charge >= 0.3 is 6.09 Å². The predicted molar refractivity (Wildman–Crippen MR) is 77.7 cm³/mol. The molecule has 4 heteroatoms. The molecule has 1 saturated heterocycles. The first kappa shape index (κ1) is 13.4. The number of carbonyl (C=O) groups is 1. The molecule has 1 spiro atoms. The van der Waals surface area contributed by atoms with E-state index in [0.717, 1.165) is 32.4 Å². The van der Waals surface area contributed by atoms with Crippen molar-refractivity contribution in [2.75, 3.05) is 19.7 Å². The van der Waals surface area contributed by atoms with Crippen LogP contribution in [0.15, 0.2) is 24.3 Å². The van der Waals surface area contributed by atoms with Crippen LogP contribution in [-0.4, -0.2) is 25.8 Å². The van der Waals surface area contributed by atoms with Gasteiger partial charge in [0.15, 0.2) is 0 Å². The van der Waals surface area contributed by atoms with E-state index in [0.29, 0.717) is 6.61 Å². The van der Waals surface area contributed by atoms with Gasteiger partial charge in [0.25, 0.3) is 0 Å². The lowest BCUT2D eigenvalue weighted by Gasteiger charge is -2.35. The number of fused-ring (bicyclic) bond motifs is 2. The third kappa shape index (κ3) is 2.29. The molecule has 3 rings (SSSR count). The lowest BCUT2D eigenvalue weighted by molar-refractivity contribution is 0.146. The summed E-state index contributed by atoms with van der Waals surface area (Å²) < 4.78 is 5.03. The van der Waals surface area contributed by atoms with E-state index in [1.807, 2.05) is 6.92 Å². The van der Waals surface area contributed by atoms with Gasteiger partial charge in [-0.25, -0.2) is 4.79 Å². The Balaban J connectivity index is 1.86. The van der Waals surface area contributed by atoms with E-state index in [1.165, 1.54) is 11.1 Å². The third-order valence-electron chi connectivity index (χ3n) is 4.63. The topological polar surface area (TPSA) is 50.4 Å². The van der Waals surface area contributed by atoms with E-state index in [4.69, 9.17) is 4.74 Å². The number of amides is 1. The zero-order chi connectivity index (χ0) is 14.0. The Hall–Kier alpha value is -1.55. The molecule has 1 aromatic rings. The Bertz CT molecular complexity index is 495. The lowest BCUT2D eigenvalue weighted by atomic mass is 9.74. The van der Waals surface area contributed by atoms with Crippen LogP contribution in [0.25, 0.3) is 0 Å². The van der Waals surface area contributed by atoms with E-state index in [1.54, 1.807) is 0 Å². The highest BCUT2D eigenvalue weighted by atomic mass is 16.5. The van der Waals surface area contributed by atoms with Crippen molar-refractivity contribution in [1.29, 1.82) is 0 Å². The smallest absolute Gasteiger partial charge is 0.407 e. The van der Waals surface area contributed by atoms with Gasteiger partial charge in [-0.2, -0.15) is 0 Å². The minimum atomic E-state index is -0.307. The Morgan fingerprint density at radius 3 is 2.90 bits per heavy atom. The van der Waals surface area contributed by atoms with Crippen molar-refractivity contribution >= 4 is 6.09 Å². The fourth-order valence-corrected chi connectivity index (χ4v) is 3.72. The van der Waals surface area contributed by atoms with Crippen LogP contribution in [-0.2, 0) is 10.2 Å². The van der Waals surface area contributed by atoms with E-state index < -0.39 is 0 Å². The molecule has 2 N–H and O–H groups in total. The second-order valence-electron chi connectivity index (χ2n) is 5.74. The monoisotopic (exact) mass is 274 g/mol. The molecule has 2 aliphatic rings. The second kappa shape index (κ2) is 5.44. The van der Waals surface area contributed by atoms with Gasteiger partial charge in [-0.15, -0.1) is 0 Å². The summed E-state index contributed by atoms with van der Waals surface area (Å²) in [4.78, 5) is 11.7. The summed E-state index contributed by atoms with van der Waals surface area (Å²) in [6, 6.07) is 8.62. The first-order valence-corrected chi connectivity index (χ1v) is 7.48. The van der Waals surface area contributed by atoms with Crippen LogP contribution in [0.2, 0.25) is 0 Å². The predicted octanol–water partition coefficient (Wildman–Crippen LogP) is 2.50. The summed E-state index contributed by atoms with van der Waals surface area (Å²) in [5.41, 5.74) is 2.91. The zero-order valence-corrected chi connectivity index (χ0v) is 11.9.